The Morgan fingerprint density at radius 1 is 0.549 bits per heavy atom. The third-order valence-corrected chi connectivity index (χ3v) is 21.9. The van der Waals surface area contributed by atoms with E-state index in [1.807, 2.05) is 3.28 Å². The van der Waals surface area contributed by atoms with Gasteiger partial charge in [-0.3, -0.25) is 0 Å². The van der Waals surface area contributed by atoms with E-state index in [0.717, 1.165) is 23.7 Å². The van der Waals surface area contributed by atoms with Crippen LogP contribution in [0, 0.1) is 23.7 Å². The normalized spacial score (nSPS) is 22.8. The fraction of sp³-hybridized carbons (Fsp3) is 0.396. The third kappa shape index (κ3) is 6.40. The van der Waals surface area contributed by atoms with Crippen LogP contribution in [0.3, 0.4) is 0 Å². The molecule has 0 radical (unpaired) electrons. The molecule has 0 aliphatic heterocycles. The van der Waals surface area contributed by atoms with Crippen LogP contribution in [-0.2, 0) is 32.1 Å². The molecule has 4 bridgehead atoms. The second-order valence-electron chi connectivity index (χ2n) is 18.1. The van der Waals surface area contributed by atoms with Crippen LogP contribution in [0.2, 0.25) is 0 Å². The van der Waals surface area contributed by atoms with Gasteiger partial charge < -0.3 is 24.8 Å². The predicted molar refractivity (Wildman–Crippen MR) is 206 cm³/mol. The fourth-order valence-corrected chi connectivity index (χ4v) is 21.1. The molecule has 0 nitrogen and oxygen atoms in total. The molecule has 4 fully saturated rings. The summed E-state index contributed by atoms with van der Waals surface area (Å²) < 4.78 is 4.52. The van der Waals surface area contributed by atoms with Crippen molar-refractivity contribution in [3.05, 3.63) is 129 Å². The fourth-order valence-electron chi connectivity index (χ4n) is 10.9. The van der Waals surface area contributed by atoms with Crippen LogP contribution in [-0.4, -0.2) is 3.21 Å². The van der Waals surface area contributed by atoms with Gasteiger partial charge >= 0.3 is 305 Å². The number of benzene rings is 4. The molecule has 262 valence electrons. The molecule has 0 spiro atoms. The quantitative estimate of drug-likeness (QED) is 0.214. The van der Waals surface area contributed by atoms with Crippen molar-refractivity contribution in [3.63, 3.8) is 0 Å². The summed E-state index contributed by atoms with van der Waals surface area (Å²) in [5.74, 6) is 3.75. The van der Waals surface area contributed by atoms with Crippen molar-refractivity contribution < 1.29 is 46.1 Å². The zero-order chi connectivity index (χ0) is 33.7. The Morgan fingerprint density at radius 3 is 1.39 bits per heavy atom. The Labute approximate surface area is 327 Å². The molecule has 3 heteroatoms. The Morgan fingerprint density at radius 2 is 1.00 bits per heavy atom. The summed E-state index contributed by atoms with van der Waals surface area (Å²) in [5.41, 5.74) is 15.0. The van der Waals surface area contributed by atoms with Crippen molar-refractivity contribution >= 4 is 3.21 Å². The molecule has 0 N–H and O–H groups in total. The smallest absolute Gasteiger partial charge is 1.00 e. The summed E-state index contributed by atoms with van der Waals surface area (Å²) in [7, 11) is 0. The standard InChI is InChI=1S/C33H33.C10H14.C5H5.2ClH.Zr/c1-32(2,3)30-20-26-24(18-28(30)22-13-9-7-10-14-22)17-25-19-29(23-15-11-8-12-16-23)31(21-27(25)26)33(4,5)6;1-7-2-9-4-8(1)5-10(3-7)6-9;1-2-4-5-3-1;;;/h7-21H,1-6H3;7-10H,1-5H2;1-3H,4H2;2*1H;/q;;;;;+2/p-2. The number of allylic oxidation sites excluding steroid dienone is 4. The van der Waals surface area contributed by atoms with Crippen LogP contribution in [0.4, 0.5) is 0 Å². The Kier molecular flexibility index (Phi) is 10.0. The van der Waals surface area contributed by atoms with E-state index in [4.69, 9.17) is 0 Å². The van der Waals surface area contributed by atoms with Crippen LogP contribution in [0.1, 0.15) is 106 Å². The van der Waals surface area contributed by atoms with Gasteiger partial charge in [0, 0.05) is 0 Å². The van der Waals surface area contributed by atoms with Crippen molar-refractivity contribution in [2.45, 2.75) is 94.5 Å². The van der Waals surface area contributed by atoms with Gasteiger partial charge in [-0.25, -0.2) is 0 Å². The zero-order valence-corrected chi connectivity index (χ0v) is 35.2. The van der Waals surface area contributed by atoms with E-state index in [9.17, 15) is 0 Å². The molecule has 0 heterocycles. The van der Waals surface area contributed by atoms with Crippen LogP contribution >= 0.6 is 0 Å². The minimum absolute atomic E-state index is 0. The molecule has 6 aliphatic rings. The molecule has 0 amide bonds. The zero-order valence-electron chi connectivity index (χ0n) is 31.2. The van der Waals surface area contributed by atoms with Gasteiger partial charge in [0.15, 0.2) is 0 Å². The van der Waals surface area contributed by atoms with Crippen molar-refractivity contribution in [2.24, 2.45) is 23.7 Å². The van der Waals surface area contributed by atoms with Gasteiger partial charge in [-0.1, -0.05) is 0 Å². The largest absolute Gasteiger partial charge is 1.00 e. The first-order chi connectivity index (χ1) is 23.5. The van der Waals surface area contributed by atoms with Gasteiger partial charge in [0.05, 0.1) is 0 Å². The van der Waals surface area contributed by atoms with Gasteiger partial charge in [0.2, 0.25) is 0 Å². The summed E-state index contributed by atoms with van der Waals surface area (Å²) in [6, 6.07) is 33.4. The van der Waals surface area contributed by atoms with E-state index in [0.29, 0.717) is 3.63 Å². The van der Waals surface area contributed by atoms with Crippen molar-refractivity contribution in [3.8, 4) is 33.4 Å². The minimum Gasteiger partial charge on any atom is -1.00 e. The molecule has 0 unspecified atom stereocenters. The van der Waals surface area contributed by atoms with E-state index < -0.39 is 21.3 Å². The summed E-state index contributed by atoms with van der Waals surface area (Å²) in [5, 5.41) is 0. The first-order valence-corrected chi connectivity index (χ1v) is 23.0. The first-order valence-electron chi connectivity index (χ1n) is 19.1. The summed E-state index contributed by atoms with van der Waals surface area (Å²) in [6.07, 6.45) is 16.1. The van der Waals surface area contributed by atoms with Crippen LogP contribution in [0.15, 0.2) is 106 Å². The molecule has 10 rings (SSSR count). The Balaban J connectivity index is 0.00000203. The molecule has 0 saturated heterocycles. The van der Waals surface area contributed by atoms with E-state index >= 15 is 0 Å². The molecule has 51 heavy (non-hydrogen) atoms. The van der Waals surface area contributed by atoms with Crippen LogP contribution < -0.4 is 24.8 Å². The topological polar surface area (TPSA) is 0 Å². The molecule has 0 aromatic heterocycles. The number of hydrogen-bond donors (Lipinski definition) is 0. The number of halogens is 2. The predicted octanol–water partition coefficient (Wildman–Crippen LogP) is 6.78. The molecule has 4 aromatic carbocycles. The van der Waals surface area contributed by atoms with Gasteiger partial charge in [0.25, 0.3) is 0 Å². The molecule has 4 saturated carbocycles. The second-order valence-corrected chi connectivity index (χ2v) is 24.6. The average Bonchev–Trinajstić information content (AvgIpc) is 3.71. The van der Waals surface area contributed by atoms with Gasteiger partial charge in [-0.2, -0.15) is 0 Å². The number of hydrogen-bond acceptors (Lipinski definition) is 0. The SMILES string of the molecule is CC(C)(C)c1cc2c(cc1-c1ccccc1)[CH]([Zr+2]([C]1=CC=CC1)=[C]1C3CC4CC(C3)CC1C4)c1cc(-c3ccccc3)c(C(C)(C)C)cc1-2.[Cl-].[Cl-]. The number of fused-ring (bicyclic) bond motifs is 3. The van der Waals surface area contributed by atoms with Crippen LogP contribution in [0.25, 0.3) is 33.4 Å². The minimum atomic E-state index is -2.47. The maximum atomic E-state index is 2.72. The number of rotatable bonds is 4. The first kappa shape index (κ1) is 37.0. The van der Waals surface area contributed by atoms with Crippen LogP contribution in [0.5, 0.6) is 0 Å². The van der Waals surface area contributed by atoms with Crippen molar-refractivity contribution in [2.75, 3.05) is 0 Å². The average molecular weight is 791 g/mol. The van der Waals surface area contributed by atoms with E-state index in [2.05, 4.69) is 148 Å². The Hall–Kier alpha value is -2.31. The molecular weight excluding hydrogens is 739 g/mol. The summed E-state index contributed by atoms with van der Waals surface area (Å²) in [6.45, 7) is 14.5. The van der Waals surface area contributed by atoms with E-state index in [1.165, 1.54) is 83.0 Å². The molecule has 6 aliphatic carbocycles. The third-order valence-electron chi connectivity index (χ3n) is 12.8. The maximum absolute atomic E-state index is 2.72. The van der Waals surface area contributed by atoms with Gasteiger partial charge in [-0.15, -0.1) is 0 Å². The van der Waals surface area contributed by atoms with E-state index in [1.54, 1.807) is 11.1 Å². The monoisotopic (exact) mass is 788 g/mol. The summed E-state index contributed by atoms with van der Waals surface area (Å²) in [4.78, 5) is 0. The maximum Gasteiger partial charge on any atom is -1.00 e. The second kappa shape index (κ2) is 13.8. The molecule has 4 aromatic rings. The van der Waals surface area contributed by atoms with Crippen molar-refractivity contribution in [1.29, 1.82) is 0 Å². The van der Waals surface area contributed by atoms with Gasteiger partial charge in [-0.05, 0) is 0 Å². The van der Waals surface area contributed by atoms with Gasteiger partial charge in [0.1, 0.15) is 0 Å². The van der Waals surface area contributed by atoms with Crippen molar-refractivity contribution in [1.82, 2.24) is 0 Å². The molecule has 0 atom stereocenters. The summed E-state index contributed by atoms with van der Waals surface area (Å²) >= 11 is -2.47. The van der Waals surface area contributed by atoms with E-state index in [-0.39, 0.29) is 35.6 Å². The Bertz CT molecular complexity index is 1920. The molecular formula is C48H52Cl2Zr.